The van der Waals surface area contributed by atoms with Crippen LogP contribution in [0.1, 0.15) is 41.6 Å². The molecule has 4 aromatic carbocycles. The zero-order valence-electron chi connectivity index (χ0n) is 23.5. The van der Waals surface area contributed by atoms with Gasteiger partial charge in [-0.1, -0.05) is 96.0 Å². The Morgan fingerprint density at radius 1 is 0.698 bits per heavy atom. The highest BCUT2D eigenvalue weighted by Crippen LogP contribution is 2.48. The van der Waals surface area contributed by atoms with Gasteiger partial charge in [0.1, 0.15) is 5.78 Å². The Labute approximate surface area is 257 Å². The summed E-state index contributed by atoms with van der Waals surface area (Å²) in [6.07, 6.45) is 0.0358. The number of hydrogen-bond acceptors (Lipinski definition) is 5. The predicted molar refractivity (Wildman–Crippen MR) is 165 cm³/mol. The SMILES string of the molecule is Cc1ccc(S(=O)(=O)N2CC3C(=O)C[C@@H](c4ccccc4)N(S(=O)(=O)c4cccc(Cl)c4)C3CC2c2ccccc2)cc1. The molecule has 0 N–H and O–H groups in total. The summed E-state index contributed by atoms with van der Waals surface area (Å²) in [6.45, 7) is 1.75. The maximum atomic E-state index is 14.5. The summed E-state index contributed by atoms with van der Waals surface area (Å²) in [5.74, 6) is -1.01. The first kappa shape index (κ1) is 29.7. The van der Waals surface area contributed by atoms with E-state index >= 15 is 0 Å². The van der Waals surface area contributed by atoms with Crippen molar-refractivity contribution in [2.24, 2.45) is 5.92 Å². The molecule has 10 heteroatoms. The van der Waals surface area contributed by atoms with E-state index < -0.39 is 44.1 Å². The Morgan fingerprint density at radius 2 is 1.30 bits per heavy atom. The lowest BCUT2D eigenvalue weighted by atomic mass is 9.77. The number of benzene rings is 4. The fourth-order valence-electron chi connectivity index (χ4n) is 6.34. The van der Waals surface area contributed by atoms with Crippen molar-refractivity contribution in [3.63, 3.8) is 0 Å². The number of halogens is 1. The predicted octanol–water partition coefficient (Wildman–Crippen LogP) is 6.17. The number of fused-ring (bicyclic) bond motifs is 1. The maximum absolute atomic E-state index is 14.5. The van der Waals surface area contributed by atoms with E-state index in [2.05, 4.69) is 0 Å². The molecule has 222 valence electrons. The summed E-state index contributed by atoms with van der Waals surface area (Å²) >= 11 is 6.23. The van der Waals surface area contributed by atoms with Crippen LogP contribution in [0.25, 0.3) is 0 Å². The highest BCUT2D eigenvalue weighted by Gasteiger charge is 2.54. The van der Waals surface area contributed by atoms with Crippen LogP contribution in [0.15, 0.2) is 119 Å². The van der Waals surface area contributed by atoms with Crippen LogP contribution >= 0.6 is 11.6 Å². The lowest BCUT2D eigenvalue weighted by molar-refractivity contribution is -0.132. The van der Waals surface area contributed by atoms with E-state index in [0.717, 1.165) is 11.1 Å². The van der Waals surface area contributed by atoms with Crippen molar-refractivity contribution in [3.05, 3.63) is 131 Å². The Balaban J connectivity index is 1.50. The molecule has 2 aliphatic rings. The van der Waals surface area contributed by atoms with Crippen LogP contribution < -0.4 is 0 Å². The second-order valence-electron chi connectivity index (χ2n) is 11.1. The van der Waals surface area contributed by atoms with Crippen LogP contribution in [0.2, 0.25) is 5.02 Å². The van der Waals surface area contributed by atoms with E-state index in [4.69, 9.17) is 11.6 Å². The first-order valence-corrected chi connectivity index (χ1v) is 17.3. The zero-order chi connectivity index (χ0) is 30.4. The molecule has 6 rings (SSSR count). The fraction of sp³-hybridized carbons (Fsp3) is 0.242. The van der Waals surface area contributed by atoms with Crippen LogP contribution in [-0.2, 0) is 24.8 Å². The molecule has 2 heterocycles. The van der Waals surface area contributed by atoms with Crippen molar-refractivity contribution < 1.29 is 21.6 Å². The third-order valence-electron chi connectivity index (χ3n) is 8.46. The van der Waals surface area contributed by atoms with E-state index in [-0.39, 0.29) is 40.0 Å². The Hall–Kier alpha value is -3.34. The topological polar surface area (TPSA) is 91.8 Å². The van der Waals surface area contributed by atoms with Crippen molar-refractivity contribution in [2.45, 2.75) is 47.7 Å². The summed E-state index contributed by atoms with van der Waals surface area (Å²) in [5.41, 5.74) is 2.35. The molecule has 43 heavy (non-hydrogen) atoms. The lowest BCUT2D eigenvalue weighted by Gasteiger charge is -2.51. The minimum Gasteiger partial charge on any atom is -0.299 e. The molecular formula is C33H31ClN2O5S2. The normalized spacial score (nSPS) is 23.5. The number of carbonyl (C=O) groups is 1. The number of hydrogen-bond donors (Lipinski definition) is 0. The molecule has 2 aliphatic heterocycles. The Morgan fingerprint density at radius 3 is 1.91 bits per heavy atom. The van der Waals surface area contributed by atoms with Crippen LogP contribution in [0.5, 0.6) is 0 Å². The number of sulfonamides is 2. The van der Waals surface area contributed by atoms with Crippen LogP contribution in [0.4, 0.5) is 0 Å². The molecule has 0 amide bonds. The van der Waals surface area contributed by atoms with Crippen molar-refractivity contribution in [1.82, 2.24) is 8.61 Å². The smallest absolute Gasteiger partial charge is 0.243 e. The number of rotatable bonds is 6. The molecule has 0 aliphatic carbocycles. The van der Waals surface area contributed by atoms with E-state index in [9.17, 15) is 21.6 Å². The fourth-order valence-corrected chi connectivity index (χ4v) is 10.1. The molecule has 0 aromatic heterocycles. The monoisotopic (exact) mass is 634 g/mol. The van der Waals surface area contributed by atoms with Gasteiger partial charge in [0, 0.05) is 29.9 Å². The number of ketones is 1. The minimum atomic E-state index is -4.16. The second kappa shape index (κ2) is 11.6. The molecule has 2 fully saturated rings. The molecule has 3 unspecified atom stereocenters. The van der Waals surface area contributed by atoms with E-state index in [1.807, 2.05) is 67.6 Å². The van der Waals surface area contributed by atoms with Gasteiger partial charge in [0.2, 0.25) is 20.0 Å². The number of carbonyl (C=O) groups excluding carboxylic acids is 1. The van der Waals surface area contributed by atoms with Crippen molar-refractivity contribution >= 4 is 37.4 Å². The van der Waals surface area contributed by atoms with Gasteiger partial charge in [0.05, 0.1) is 21.9 Å². The third kappa shape index (κ3) is 5.56. The number of aryl methyl sites for hydroxylation is 1. The summed E-state index contributed by atoms with van der Waals surface area (Å²) in [7, 11) is -8.19. The standard InChI is InChI=1S/C33H31ClN2O5S2/c1-23-15-17-27(18-16-23)42(38,39)35-22-29-32(20-30(35)24-9-4-2-5-10-24)36(43(40,41)28-14-8-13-26(34)19-28)31(21-33(29)37)25-11-6-3-7-12-25/h2-19,29-32H,20-22H2,1H3/t29?,30?,31-,32?/m0/s1. The maximum Gasteiger partial charge on any atom is 0.243 e. The summed E-state index contributed by atoms with van der Waals surface area (Å²) in [6, 6.07) is 28.8. The molecule has 0 saturated carbocycles. The highest BCUT2D eigenvalue weighted by atomic mass is 35.5. The zero-order valence-corrected chi connectivity index (χ0v) is 25.8. The van der Waals surface area contributed by atoms with Gasteiger partial charge in [-0.2, -0.15) is 8.61 Å². The summed E-state index contributed by atoms with van der Waals surface area (Å²) < 4.78 is 60.1. The Bertz CT molecular complexity index is 1850. The van der Waals surface area contributed by atoms with Gasteiger partial charge in [-0.15, -0.1) is 0 Å². The van der Waals surface area contributed by atoms with Crippen LogP contribution in [-0.4, -0.2) is 43.8 Å². The highest BCUT2D eigenvalue weighted by molar-refractivity contribution is 7.89. The van der Waals surface area contributed by atoms with Gasteiger partial charge >= 0.3 is 0 Å². The first-order chi connectivity index (χ1) is 20.6. The molecular weight excluding hydrogens is 604 g/mol. The summed E-state index contributed by atoms with van der Waals surface area (Å²) in [4.78, 5) is 14.1. The molecule has 0 radical (unpaired) electrons. The van der Waals surface area contributed by atoms with Crippen LogP contribution in [0, 0.1) is 12.8 Å². The van der Waals surface area contributed by atoms with Gasteiger partial charge in [0.15, 0.2) is 0 Å². The third-order valence-corrected chi connectivity index (χ3v) is 12.5. The quantitative estimate of drug-likeness (QED) is 0.253. The van der Waals surface area contributed by atoms with Gasteiger partial charge in [-0.3, -0.25) is 4.79 Å². The van der Waals surface area contributed by atoms with Crippen molar-refractivity contribution in [3.8, 4) is 0 Å². The number of piperidine rings is 2. The van der Waals surface area contributed by atoms with Gasteiger partial charge in [0.25, 0.3) is 0 Å². The molecule has 4 atom stereocenters. The van der Waals surface area contributed by atoms with Crippen molar-refractivity contribution in [1.29, 1.82) is 0 Å². The first-order valence-electron chi connectivity index (χ1n) is 14.1. The molecule has 0 spiro atoms. The molecule has 7 nitrogen and oxygen atoms in total. The van der Waals surface area contributed by atoms with E-state index in [1.54, 1.807) is 36.4 Å². The Kier molecular flexibility index (Phi) is 8.04. The van der Waals surface area contributed by atoms with Gasteiger partial charge in [-0.05, 0) is 54.8 Å². The molecule has 0 bridgehead atoms. The molecule has 2 saturated heterocycles. The van der Waals surface area contributed by atoms with Gasteiger partial charge < -0.3 is 0 Å². The number of nitrogens with zero attached hydrogens (tertiary/aromatic N) is 2. The largest absolute Gasteiger partial charge is 0.299 e. The summed E-state index contributed by atoms with van der Waals surface area (Å²) in [5, 5.41) is 0.281. The average Bonchev–Trinajstić information content (AvgIpc) is 3.01. The van der Waals surface area contributed by atoms with Gasteiger partial charge in [-0.25, -0.2) is 16.8 Å². The second-order valence-corrected chi connectivity index (χ2v) is 15.3. The lowest BCUT2D eigenvalue weighted by Crippen LogP contribution is -2.60. The van der Waals surface area contributed by atoms with Crippen LogP contribution in [0.3, 0.4) is 0 Å². The van der Waals surface area contributed by atoms with Crippen molar-refractivity contribution in [2.75, 3.05) is 6.54 Å². The number of Topliss-reactive ketones (excluding diaryl/α,β-unsaturated/α-hetero) is 1. The average molecular weight is 635 g/mol. The van der Waals surface area contributed by atoms with E-state index in [1.165, 1.54) is 20.7 Å². The van der Waals surface area contributed by atoms with E-state index in [0.29, 0.717) is 5.56 Å². The minimum absolute atomic E-state index is 0.0278. The molecule has 4 aromatic rings.